The molecule has 0 saturated carbocycles. The largest absolute Gasteiger partial charge is 0.478 e. The minimum atomic E-state index is -1.15. The van der Waals surface area contributed by atoms with E-state index >= 15 is 0 Å². The van der Waals surface area contributed by atoms with E-state index in [9.17, 15) is 9.59 Å². The standard InChI is InChI=1S/C11H9NO4/c12-5-1-2-7-6-8(10(13)14)3-4-9(7)11(15)16/h3-4,6H,5,12H2,(H,13,14)(H,15,16). The first-order valence-electron chi connectivity index (χ1n) is 4.36. The Morgan fingerprint density at radius 2 is 1.94 bits per heavy atom. The summed E-state index contributed by atoms with van der Waals surface area (Å²) in [5.41, 5.74) is 5.27. The van der Waals surface area contributed by atoms with Gasteiger partial charge in [0.15, 0.2) is 0 Å². The van der Waals surface area contributed by atoms with Crippen LogP contribution in [0, 0.1) is 11.8 Å². The molecule has 0 fully saturated rings. The summed E-state index contributed by atoms with van der Waals surface area (Å²) < 4.78 is 0. The van der Waals surface area contributed by atoms with Crippen molar-refractivity contribution < 1.29 is 19.8 Å². The lowest BCUT2D eigenvalue weighted by Gasteiger charge is -2.00. The van der Waals surface area contributed by atoms with Gasteiger partial charge in [-0.3, -0.25) is 0 Å². The van der Waals surface area contributed by atoms with Gasteiger partial charge in [0.25, 0.3) is 0 Å². The van der Waals surface area contributed by atoms with Crippen LogP contribution < -0.4 is 5.73 Å². The van der Waals surface area contributed by atoms with Crippen LogP contribution in [0.15, 0.2) is 18.2 Å². The Labute approximate surface area is 91.5 Å². The zero-order chi connectivity index (χ0) is 12.1. The number of hydrogen-bond donors (Lipinski definition) is 3. The quantitative estimate of drug-likeness (QED) is 0.625. The number of rotatable bonds is 2. The average Bonchev–Trinajstić information content (AvgIpc) is 2.25. The summed E-state index contributed by atoms with van der Waals surface area (Å²) in [6.07, 6.45) is 0. The molecular formula is C11H9NO4. The van der Waals surface area contributed by atoms with E-state index in [2.05, 4.69) is 11.8 Å². The van der Waals surface area contributed by atoms with Crippen LogP contribution in [0.3, 0.4) is 0 Å². The Morgan fingerprint density at radius 3 is 2.44 bits per heavy atom. The van der Waals surface area contributed by atoms with Gasteiger partial charge in [-0.25, -0.2) is 9.59 Å². The Bertz CT molecular complexity index is 496. The van der Waals surface area contributed by atoms with Gasteiger partial charge in [-0.15, -0.1) is 0 Å². The molecule has 1 rings (SSSR count). The van der Waals surface area contributed by atoms with Gasteiger partial charge in [-0.05, 0) is 18.2 Å². The predicted octanol–water partition coefficient (Wildman–Crippen LogP) is 0.393. The zero-order valence-corrected chi connectivity index (χ0v) is 8.23. The summed E-state index contributed by atoms with van der Waals surface area (Å²) in [6.45, 7) is 0.0797. The number of nitrogens with two attached hydrogens (primary N) is 1. The first kappa shape index (κ1) is 11.8. The first-order valence-corrected chi connectivity index (χ1v) is 4.36. The van der Waals surface area contributed by atoms with Crippen molar-refractivity contribution in [3.63, 3.8) is 0 Å². The highest BCUT2D eigenvalue weighted by Crippen LogP contribution is 2.11. The van der Waals surface area contributed by atoms with E-state index in [1.54, 1.807) is 0 Å². The van der Waals surface area contributed by atoms with E-state index in [-0.39, 0.29) is 23.2 Å². The van der Waals surface area contributed by atoms with E-state index in [1.165, 1.54) is 18.2 Å². The molecule has 0 heterocycles. The molecule has 0 aromatic heterocycles. The second kappa shape index (κ2) is 4.96. The predicted molar refractivity (Wildman–Crippen MR) is 56.3 cm³/mol. The molecule has 0 aliphatic carbocycles. The fourth-order valence-electron chi connectivity index (χ4n) is 1.11. The van der Waals surface area contributed by atoms with Crippen molar-refractivity contribution in [1.29, 1.82) is 0 Å². The molecule has 0 aliphatic rings. The Hall–Kier alpha value is -2.32. The smallest absolute Gasteiger partial charge is 0.336 e. The fraction of sp³-hybridized carbons (Fsp3) is 0.0909. The van der Waals surface area contributed by atoms with Crippen LogP contribution in [0.25, 0.3) is 0 Å². The van der Waals surface area contributed by atoms with E-state index in [0.29, 0.717) is 0 Å². The molecule has 1 aromatic carbocycles. The molecule has 0 radical (unpaired) electrons. The number of hydrogen-bond acceptors (Lipinski definition) is 3. The minimum absolute atomic E-state index is 0.00804. The van der Waals surface area contributed by atoms with Gasteiger partial charge in [-0.1, -0.05) is 11.8 Å². The summed E-state index contributed by atoms with van der Waals surface area (Å²) in [4.78, 5) is 21.5. The highest BCUT2D eigenvalue weighted by atomic mass is 16.4. The van der Waals surface area contributed by atoms with E-state index in [4.69, 9.17) is 15.9 Å². The molecule has 5 heteroatoms. The Balaban J connectivity index is 3.32. The SMILES string of the molecule is NCC#Cc1cc(C(=O)O)ccc1C(=O)O. The van der Waals surface area contributed by atoms with Gasteiger partial charge in [0.05, 0.1) is 17.7 Å². The van der Waals surface area contributed by atoms with Crippen molar-refractivity contribution in [3.8, 4) is 11.8 Å². The summed E-state index contributed by atoms with van der Waals surface area (Å²) in [5.74, 6) is 2.73. The molecule has 0 spiro atoms. The lowest BCUT2D eigenvalue weighted by molar-refractivity contribution is 0.0681. The van der Waals surface area contributed by atoms with Crippen LogP contribution in [-0.2, 0) is 0 Å². The number of carbonyl (C=O) groups is 2. The molecule has 16 heavy (non-hydrogen) atoms. The average molecular weight is 219 g/mol. The molecule has 0 bridgehead atoms. The van der Waals surface area contributed by atoms with Crippen molar-refractivity contribution >= 4 is 11.9 Å². The van der Waals surface area contributed by atoms with Crippen LogP contribution in [0.2, 0.25) is 0 Å². The molecule has 0 aliphatic heterocycles. The number of carboxylic acid groups (broad SMARTS) is 2. The molecule has 1 aromatic rings. The summed E-state index contributed by atoms with van der Waals surface area (Å²) in [7, 11) is 0. The van der Waals surface area contributed by atoms with Crippen molar-refractivity contribution in [2.45, 2.75) is 0 Å². The van der Waals surface area contributed by atoms with Crippen molar-refractivity contribution in [2.75, 3.05) is 6.54 Å². The van der Waals surface area contributed by atoms with Crippen molar-refractivity contribution in [2.24, 2.45) is 5.73 Å². The van der Waals surface area contributed by atoms with E-state index in [0.717, 1.165) is 0 Å². The fourth-order valence-corrected chi connectivity index (χ4v) is 1.11. The van der Waals surface area contributed by atoms with Gasteiger partial charge in [0, 0.05) is 5.56 Å². The lowest BCUT2D eigenvalue weighted by atomic mass is 10.0. The Kier molecular flexibility index (Phi) is 3.64. The van der Waals surface area contributed by atoms with Crippen molar-refractivity contribution in [3.05, 3.63) is 34.9 Å². The molecular weight excluding hydrogens is 210 g/mol. The molecule has 0 atom stereocenters. The number of aromatic carboxylic acids is 2. The monoisotopic (exact) mass is 219 g/mol. The van der Waals surface area contributed by atoms with Crippen LogP contribution >= 0.6 is 0 Å². The van der Waals surface area contributed by atoms with Crippen LogP contribution in [0.4, 0.5) is 0 Å². The molecule has 5 nitrogen and oxygen atoms in total. The third-order valence-corrected chi connectivity index (χ3v) is 1.82. The molecule has 0 amide bonds. The highest BCUT2D eigenvalue weighted by Gasteiger charge is 2.11. The van der Waals surface area contributed by atoms with Gasteiger partial charge in [-0.2, -0.15) is 0 Å². The summed E-state index contributed by atoms with van der Waals surface area (Å²) >= 11 is 0. The maximum absolute atomic E-state index is 10.8. The summed E-state index contributed by atoms with van der Waals surface area (Å²) in [6, 6.07) is 3.65. The number of benzene rings is 1. The maximum atomic E-state index is 10.8. The third kappa shape index (κ3) is 2.59. The zero-order valence-electron chi connectivity index (χ0n) is 8.23. The van der Waals surface area contributed by atoms with E-state index in [1.807, 2.05) is 0 Å². The maximum Gasteiger partial charge on any atom is 0.336 e. The van der Waals surface area contributed by atoms with Gasteiger partial charge in [0.2, 0.25) is 0 Å². The van der Waals surface area contributed by atoms with Gasteiger partial charge in [0.1, 0.15) is 0 Å². The number of carboxylic acids is 2. The van der Waals surface area contributed by atoms with Gasteiger partial charge < -0.3 is 15.9 Å². The second-order valence-corrected chi connectivity index (χ2v) is 2.88. The molecule has 4 N–H and O–H groups in total. The molecule has 0 saturated heterocycles. The second-order valence-electron chi connectivity index (χ2n) is 2.88. The first-order chi connectivity index (χ1) is 7.56. The van der Waals surface area contributed by atoms with Crippen LogP contribution in [0.1, 0.15) is 26.3 Å². The topological polar surface area (TPSA) is 101 Å². The van der Waals surface area contributed by atoms with Crippen molar-refractivity contribution in [1.82, 2.24) is 0 Å². The van der Waals surface area contributed by atoms with Crippen LogP contribution in [0.5, 0.6) is 0 Å². The summed E-state index contributed by atoms with van der Waals surface area (Å²) in [5, 5.41) is 17.6. The normalized spacial score (nSPS) is 9.06. The van der Waals surface area contributed by atoms with Gasteiger partial charge >= 0.3 is 11.9 Å². The molecule has 0 unspecified atom stereocenters. The molecule has 82 valence electrons. The van der Waals surface area contributed by atoms with E-state index < -0.39 is 11.9 Å². The minimum Gasteiger partial charge on any atom is -0.478 e. The van der Waals surface area contributed by atoms with Crippen LogP contribution in [-0.4, -0.2) is 28.7 Å². The third-order valence-electron chi connectivity index (χ3n) is 1.82. The highest BCUT2D eigenvalue weighted by molar-refractivity contribution is 5.94. The Morgan fingerprint density at radius 1 is 1.25 bits per heavy atom. The lowest BCUT2D eigenvalue weighted by Crippen LogP contribution is -2.04.